The molecule has 0 unspecified atom stereocenters. The van der Waals surface area contributed by atoms with Gasteiger partial charge in [-0.15, -0.1) is 0 Å². The van der Waals surface area contributed by atoms with Crippen LogP contribution in [0.25, 0.3) is 0 Å². The number of nitrogens with zero attached hydrogens (tertiary/aromatic N) is 3. The van der Waals surface area contributed by atoms with Gasteiger partial charge in [-0.25, -0.2) is 0 Å². The summed E-state index contributed by atoms with van der Waals surface area (Å²) in [5.74, 6) is 0. The van der Waals surface area contributed by atoms with Gasteiger partial charge in [0, 0.05) is 37.7 Å². The van der Waals surface area contributed by atoms with E-state index < -0.39 is 11.7 Å². The minimum Gasteiger partial charge on any atom is -0.295 e. The lowest BCUT2D eigenvalue weighted by Gasteiger charge is -2.33. The maximum Gasteiger partial charge on any atom is 0.416 e. The number of hydrazone groups is 1. The average molecular weight is 382 g/mol. The van der Waals surface area contributed by atoms with Gasteiger partial charge in [0.15, 0.2) is 0 Å². The molecule has 26 heavy (non-hydrogen) atoms. The van der Waals surface area contributed by atoms with E-state index in [2.05, 4.69) is 10.0 Å². The zero-order chi connectivity index (χ0) is 18.6. The Labute approximate surface area is 155 Å². The van der Waals surface area contributed by atoms with Crippen molar-refractivity contribution in [3.05, 3.63) is 70.2 Å². The average Bonchev–Trinajstić information content (AvgIpc) is 2.63. The fourth-order valence-electron chi connectivity index (χ4n) is 2.77. The van der Waals surface area contributed by atoms with Gasteiger partial charge < -0.3 is 0 Å². The van der Waals surface area contributed by atoms with E-state index in [-0.39, 0.29) is 0 Å². The molecule has 2 aromatic carbocycles. The third-order valence-corrected chi connectivity index (χ3v) is 4.53. The third kappa shape index (κ3) is 5.22. The van der Waals surface area contributed by atoms with Gasteiger partial charge in [0.2, 0.25) is 0 Å². The highest BCUT2D eigenvalue weighted by molar-refractivity contribution is 6.30. The standard InChI is InChI=1S/C19H19ClF3N3/c20-18-7-3-16(4-8-18)14-25-9-11-26(12-10-25)24-13-15-1-5-17(6-2-15)19(21,22)23/h1-8,13H,9-12,14H2/b24-13+. The van der Waals surface area contributed by atoms with Crippen molar-refractivity contribution in [1.29, 1.82) is 0 Å². The summed E-state index contributed by atoms with van der Waals surface area (Å²) in [7, 11) is 0. The van der Waals surface area contributed by atoms with Crippen LogP contribution < -0.4 is 0 Å². The van der Waals surface area contributed by atoms with E-state index in [1.165, 1.54) is 17.7 Å². The van der Waals surface area contributed by atoms with Gasteiger partial charge in [0.1, 0.15) is 0 Å². The number of hydrogen-bond acceptors (Lipinski definition) is 3. The van der Waals surface area contributed by atoms with Gasteiger partial charge in [0.25, 0.3) is 0 Å². The number of piperazine rings is 1. The molecule has 1 fully saturated rings. The Morgan fingerprint density at radius 2 is 1.54 bits per heavy atom. The second-order valence-electron chi connectivity index (χ2n) is 6.22. The number of halogens is 4. The molecule has 0 saturated carbocycles. The molecule has 3 nitrogen and oxygen atoms in total. The molecule has 0 N–H and O–H groups in total. The molecule has 3 rings (SSSR count). The minimum absolute atomic E-state index is 0.648. The van der Waals surface area contributed by atoms with Crippen LogP contribution in [0.3, 0.4) is 0 Å². The van der Waals surface area contributed by atoms with Gasteiger partial charge in [-0.1, -0.05) is 35.9 Å². The van der Waals surface area contributed by atoms with Crippen molar-refractivity contribution in [1.82, 2.24) is 9.91 Å². The molecule has 0 atom stereocenters. The summed E-state index contributed by atoms with van der Waals surface area (Å²) in [5.41, 5.74) is 1.23. The first kappa shape index (κ1) is 18.7. The Kier molecular flexibility index (Phi) is 5.84. The first-order valence-electron chi connectivity index (χ1n) is 8.33. The smallest absolute Gasteiger partial charge is 0.295 e. The van der Waals surface area contributed by atoms with Crippen molar-refractivity contribution in [3.63, 3.8) is 0 Å². The van der Waals surface area contributed by atoms with E-state index in [0.29, 0.717) is 5.56 Å². The molecule has 138 valence electrons. The summed E-state index contributed by atoms with van der Waals surface area (Å²) in [6.45, 7) is 4.20. The Morgan fingerprint density at radius 1 is 0.923 bits per heavy atom. The lowest BCUT2D eigenvalue weighted by Crippen LogP contribution is -2.43. The number of rotatable bonds is 4. The van der Waals surface area contributed by atoms with Crippen LogP contribution in [0.15, 0.2) is 53.6 Å². The van der Waals surface area contributed by atoms with E-state index in [4.69, 9.17) is 11.6 Å². The zero-order valence-electron chi connectivity index (χ0n) is 14.1. The number of benzene rings is 2. The van der Waals surface area contributed by atoms with Crippen LogP contribution >= 0.6 is 11.6 Å². The van der Waals surface area contributed by atoms with Gasteiger partial charge >= 0.3 is 6.18 Å². The predicted molar refractivity (Wildman–Crippen MR) is 97.3 cm³/mol. The van der Waals surface area contributed by atoms with Crippen LogP contribution in [0.4, 0.5) is 13.2 Å². The molecular formula is C19H19ClF3N3. The predicted octanol–water partition coefficient (Wildman–Crippen LogP) is 4.51. The normalized spacial score (nSPS) is 16.4. The maximum absolute atomic E-state index is 12.6. The Balaban J connectivity index is 1.49. The molecule has 0 aliphatic carbocycles. The molecule has 1 heterocycles. The monoisotopic (exact) mass is 381 g/mol. The van der Waals surface area contributed by atoms with Gasteiger partial charge in [-0.2, -0.15) is 18.3 Å². The highest BCUT2D eigenvalue weighted by Gasteiger charge is 2.29. The van der Waals surface area contributed by atoms with E-state index in [1.807, 2.05) is 29.3 Å². The van der Waals surface area contributed by atoms with E-state index >= 15 is 0 Å². The first-order valence-corrected chi connectivity index (χ1v) is 8.71. The summed E-state index contributed by atoms with van der Waals surface area (Å²) < 4.78 is 37.7. The van der Waals surface area contributed by atoms with Crippen LogP contribution in [0, 0.1) is 0 Å². The minimum atomic E-state index is -4.31. The van der Waals surface area contributed by atoms with E-state index in [1.54, 1.807) is 6.21 Å². The second kappa shape index (κ2) is 8.10. The van der Waals surface area contributed by atoms with Crippen molar-refractivity contribution in [3.8, 4) is 0 Å². The second-order valence-corrected chi connectivity index (χ2v) is 6.66. The lowest BCUT2D eigenvalue weighted by atomic mass is 10.1. The summed E-state index contributed by atoms with van der Waals surface area (Å²) in [6, 6.07) is 12.8. The fraction of sp³-hybridized carbons (Fsp3) is 0.316. The van der Waals surface area contributed by atoms with Crippen molar-refractivity contribution >= 4 is 17.8 Å². The summed E-state index contributed by atoms with van der Waals surface area (Å²) in [6.07, 6.45) is -2.70. The van der Waals surface area contributed by atoms with Crippen molar-refractivity contribution < 1.29 is 13.2 Å². The van der Waals surface area contributed by atoms with E-state index in [0.717, 1.165) is 49.9 Å². The fourth-order valence-corrected chi connectivity index (χ4v) is 2.89. The molecule has 2 aromatic rings. The van der Waals surface area contributed by atoms with E-state index in [9.17, 15) is 13.2 Å². The van der Waals surface area contributed by atoms with Crippen LogP contribution in [0.1, 0.15) is 16.7 Å². The largest absolute Gasteiger partial charge is 0.416 e. The number of alkyl halides is 3. The number of hydrogen-bond donors (Lipinski definition) is 0. The van der Waals surface area contributed by atoms with Crippen LogP contribution in [-0.4, -0.2) is 42.3 Å². The molecule has 7 heteroatoms. The molecule has 1 saturated heterocycles. The first-order chi connectivity index (χ1) is 12.4. The van der Waals surface area contributed by atoms with Crippen molar-refractivity contribution in [2.45, 2.75) is 12.7 Å². The molecule has 1 aliphatic heterocycles. The van der Waals surface area contributed by atoms with Crippen molar-refractivity contribution in [2.75, 3.05) is 26.2 Å². The van der Waals surface area contributed by atoms with Gasteiger partial charge in [-0.3, -0.25) is 9.91 Å². The summed E-state index contributed by atoms with van der Waals surface area (Å²) >= 11 is 5.90. The van der Waals surface area contributed by atoms with Crippen LogP contribution in [0.2, 0.25) is 5.02 Å². The highest BCUT2D eigenvalue weighted by Crippen LogP contribution is 2.28. The Morgan fingerprint density at radius 3 is 2.12 bits per heavy atom. The molecule has 0 aromatic heterocycles. The topological polar surface area (TPSA) is 18.8 Å². The van der Waals surface area contributed by atoms with Gasteiger partial charge in [0.05, 0.1) is 11.8 Å². The maximum atomic E-state index is 12.6. The van der Waals surface area contributed by atoms with Crippen molar-refractivity contribution in [2.24, 2.45) is 5.10 Å². The molecule has 0 spiro atoms. The summed E-state index contributed by atoms with van der Waals surface area (Å²) in [5, 5.41) is 7.05. The molecular weight excluding hydrogens is 363 g/mol. The van der Waals surface area contributed by atoms with Crippen LogP contribution in [0.5, 0.6) is 0 Å². The third-order valence-electron chi connectivity index (χ3n) is 4.28. The molecule has 0 radical (unpaired) electrons. The molecule has 1 aliphatic rings. The molecule has 0 amide bonds. The summed E-state index contributed by atoms with van der Waals surface area (Å²) in [4.78, 5) is 2.34. The highest BCUT2D eigenvalue weighted by atomic mass is 35.5. The quantitative estimate of drug-likeness (QED) is 0.726. The Hall–Kier alpha value is -2.05. The Bertz CT molecular complexity index is 734. The SMILES string of the molecule is FC(F)(F)c1ccc(/C=N/N2CCN(Cc3ccc(Cl)cc3)CC2)cc1. The lowest BCUT2D eigenvalue weighted by molar-refractivity contribution is -0.137. The zero-order valence-corrected chi connectivity index (χ0v) is 14.8. The van der Waals surface area contributed by atoms with Crippen LogP contribution in [-0.2, 0) is 12.7 Å². The molecule has 0 bridgehead atoms. The van der Waals surface area contributed by atoms with Gasteiger partial charge in [-0.05, 0) is 35.4 Å².